The summed E-state index contributed by atoms with van der Waals surface area (Å²) in [6, 6.07) is 0. The van der Waals surface area contributed by atoms with E-state index in [9.17, 15) is 0 Å². The monoisotopic (exact) mass is 309 g/mol. The van der Waals surface area contributed by atoms with Crippen LogP contribution >= 0.6 is 11.3 Å². The maximum absolute atomic E-state index is 5.01. The normalized spacial score (nSPS) is 18.2. The summed E-state index contributed by atoms with van der Waals surface area (Å²) in [6.45, 7) is 13.4. The van der Waals surface area contributed by atoms with Gasteiger partial charge in [-0.1, -0.05) is 34.1 Å². The predicted octanol–water partition coefficient (Wildman–Crippen LogP) is 4.39. The molecule has 1 unspecified atom stereocenters. The first-order valence-corrected chi connectivity index (χ1v) is 9.46. The summed E-state index contributed by atoms with van der Waals surface area (Å²) in [6.07, 6.45) is 5.16. The first-order valence-electron chi connectivity index (χ1n) is 8.64. The highest BCUT2D eigenvalue weighted by Crippen LogP contribution is 2.34. The molecule has 0 amide bonds. The maximum atomic E-state index is 5.01. The zero-order valence-electron chi connectivity index (χ0n) is 14.1. The number of nitrogens with zero attached hydrogens (tertiary/aromatic N) is 2. The van der Waals surface area contributed by atoms with Crippen LogP contribution in [-0.4, -0.2) is 24.6 Å². The Morgan fingerprint density at radius 3 is 2.57 bits per heavy atom. The molecule has 120 valence electrons. The van der Waals surface area contributed by atoms with Gasteiger partial charge in [0.2, 0.25) is 0 Å². The van der Waals surface area contributed by atoms with Gasteiger partial charge in [-0.25, -0.2) is 4.98 Å². The number of hydrogen-bond donors (Lipinski definition) is 1. The molecular formula is C17H31N3S. The average Bonchev–Trinajstić information content (AvgIpc) is 2.96. The lowest BCUT2D eigenvalue weighted by atomic mass is 9.95. The molecule has 0 radical (unpaired) electrons. The van der Waals surface area contributed by atoms with Crippen LogP contribution in [-0.2, 0) is 6.54 Å². The molecule has 0 spiro atoms. The maximum Gasteiger partial charge on any atom is 0.185 e. The molecule has 1 fully saturated rings. The van der Waals surface area contributed by atoms with Crippen molar-refractivity contribution in [2.75, 3.05) is 24.5 Å². The highest BCUT2D eigenvalue weighted by molar-refractivity contribution is 7.15. The molecule has 1 N–H and O–H groups in total. The number of thiazole rings is 1. The van der Waals surface area contributed by atoms with E-state index in [2.05, 4.69) is 37.9 Å². The summed E-state index contributed by atoms with van der Waals surface area (Å²) in [5.41, 5.74) is 1.33. The van der Waals surface area contributed by atoms with Crippen LogP contribution in [0.15, 0.2) is 0 Å². The van der Waals surface area contributed by atoms with E-state index in [1.165, 1.54) is 54.5 Å². The molecular weight excluding hydrogens is 278 g/mol. The molecule has 4 heteroatoms. The zero-order chi connectivity index (χ0) is 15.2. The third kappa shape index (κ3) is 4.19. The molecule has 1 saturated heterocycles. The molecule has 2 rings (SSSR count). The van der Waals surface area contributed by atoms with Crippen LogP contribution in [0, 0.1) is 5.92 Å². The van der Waals surface area contributed by atoms with Gasteiger partial charge < -0.3 is 10.2 Å². The Morgan fingerprint density at radius 1 is 1.29 bits per heavy atom. The van der Waals surface area contributed by atoms with Gasteiger partial charge in [0.05, 0.1) is 5.69 Å². The topological polar surface area (TPSA) is 28.2 Å². The van der Waals surface area contributed by atoms with Crippen molar-refractivity contribution in [2.45, 2.75) is 65.8 Å². The van der Waals surface area contributed by atoms with Crippen molar-refractivity contribution in [3.05, 3.63) is 10.6 Å². The van der Waals surface area contributed by atoms with Crippen molar-refractivity contribution in [3.63, 3.8) is 0 Å². The van der Waals surface area contributed by atoms with E-state index < -0.39 is 0 Å². The lowest BCUT2D eigenvalue weighted by Crippen LogP contribution is -2.33. The Bertz CT molecular complexity index is 422. The summed E-state index contributed by atoms with van der Waals surface area (Å²) < 4.78 is 0. The van der Waals surface area contributed by atoms with Crippen molar-refractivity contribution in [3.8, 4) is 0 Å². The van der Waals surface area contributed by atoms with E-state index >= 15 is 0 Å². The molecule has 1 aromatic rings. The van der Waals surface area contributed by atoms with Gasteiger partial charge in [-0.3, -0.25) is 0 Å². The molecule has 0 aliphatic carbocycles. The van der Waals surface area contributed by atoms with Crippen LogP contribution in [0.25, 0.3) is 0 Å². The Labute approximate surface area is 134 Å². The first-order chi connectivity index (χ1) is 10.2. The van der Waals surface area contributed by atoms with Crippen LogP contribution in [0.2, 0.25) is 0 Å². The first kappa shape index (κ1) is 16.8. The van der Waals surface area contributed by atoms with E-state index in [0.29, 0.717) is 5.92 Å². The summed E-state index contributed by atoms with van der Waals surface area (Å²) >= 11 is 1.91. The summed E-state index contributed by atoms with van der Waals surface area (Å²) in [5.74, 6) is 1.49. The fourth-order valence-corrected chi connectivity index (χ4v) is 4.16. The largest absolute Gasteiger partial charge is 0.348 e. The summed E-state index contributed by atoms with van der Waals surface area (Å²) in [7, 11) is 0. The van der Waals surface area contributed by atoms with Gasteiger partial charge in [-0.05, 0) is 37.6 Å². The Morgan fingerprint density at radius 2 is 2.00 bits per heavy atom. The fraction of sp³-hybridized carbons (Fsp3) is 0.824. The van der Waals surface area contributed by atoms with E-state index in [1.807, 2.05) is 11.3 Å². The molecule has 0 bridgehead atoms. The Balaban J connectivity index is 2.11. The van der Waals surface area contributed by atoms with Gasteiger partial charge in [0.15, 0.2) is 5.13 Å². The second kappa shape index (κ2) is 8.14. The van der Waals surface area contributed by atoms with Crippen LogP contribution in [0.4, 0.5) is 5.13 Å². The lowest BCUT2D eigenvalue weighted by molar-refractivity contribution is 0.395. The van der Waals surface area contributed by atoms with Crippen molar-refractivity contribution in [1.29, 1.82) is 0 Å². The molecule has 0 saturated carbocycles. The van der Waals surface area contributed by atoms with Crippen molar-refractivity contribution >= 4 is 16.5 Å². The Kier molecular flexibility index (Phi) is 6.49. The second-order valence-electron chi connectivity index (χ2n) is 6.23. The van der Waals surface area contributed by atoms with Crippen LogP contribution in [0.5, 0.6) is 0 Å². The number of aromatic nitrogens is 1. The molecule has 1 aliphatic heterocycles. The average molecular weight is 310 g/mol. The van der Waals surface area contributed by atoms with Crippen molar-refractivity contribution in [1.82, 2.24) is 10.3 Å². The molecule has 2 heterocycles. The van der Waals surface area contributed by atoms with Crippen LogP contribution < -0.4 is 10.2 Å². The third-order valence-electron chi connectivity index (χ3n) is 4.79. The minimum absolute atomic E-state index is 0.567. The van der Waals surface area contributed by atoms with Gasteiger partial charge in [-0.2, -0.15) is 0 Å². The standard InChI is InChI=1S/C17H31N3S/c1-5-13(4)16-15(12-18-7-3)21-17(19-16)20-10-8-14(6-2)9-11-20/h13-14,18H,5-12H2,1-4H3. The molecule has 1 aromatic heterocycles. The number of nitrogens with one attached hydrogen (secondary N) is 1. The van der Waals surface area contributed by atoms with E-state index in [-0.39, 0.29) is 0 Å². The number of hydrogen-bond acceptors (Lipinski definition) is 4. The minimum Gasteiger partial charge on any atom is -0.348 e. The smallest absolute Gasteiger partial charge is 0.185 e. The SMILES string of the molecule is CCNCc1sc(N2CCC(CC)CC2)nc1C(C)CC. The van der Waals surface area contributed by atoms with Gasteiger partial charge in [0, 0.05) is 24.5 Å². The lowest BCUT2D eigenvalue weighted by Gasteiger charge is -2.31. The molecule has 0 aromatic carbocycles. The van der Waals surface area contributed by atoms with Crippen LogP contribution in [0.3, 0.4) is 0 Å². The summed E-state index contributed by atoms with van der Waals surface area (Å²) in [5, 5.41) is 4.73. The quantitative estimate of drug-likeness (QED) is 0.809. The highest BCUT2D eigenvalue weighted by atomic mass is 32.1. The van der Waals surface area contributed by atoms with E-state index in [1.54, 1.807) is 0 Å². The molecule has 21 heavy (non-hydrogen) atoms. The summed E-state index contributed by atoms with van der Waals surface area (Å²) in [4.78, 5) is 8.97. The fourth-order valence-electron chi connectivity index (χ4n) is 2.96. The number of rotatable bonds is 7. The number of anilines is 1. The second-order valence-corrected chi connectivity index (χ2v) is 7.30. The number of piperidine rings is 1. The highest BCUT2D eigenvalue weighted by Gasteiger charge is 2.23. The van der Waals surface area contributed by atoms with Gasteiger partial charge in [0.1, 0.15) is 0 Å². The minimum atomic E-state index is 0.567. The van der Waals surface area contributed by atoms with Gasteiger partial charge >= 0.3 is 0 Å². The van der Waals surface area contributed by atoms with Gasteiger partial charge in [-0.15, -0.1) is 11.3 Å². The third-order valence-corrected chi connectivity index (χ3v) is 5.93. The predicted molar refractivity (Wildman–Crippen MR) is 93.4 cm³/mol. The van der Waals surface area contributed by atoms with Crippen molar-refractivity contribution < 1.29 is 0 Å². The Hall–Kier alpha value is -0.610. The van der Waals surface area contributed by atoms with E-state index in [0.717, 1.165) is 19.0 Å². The van der Waals surface area contributed by atoms with E-state index in [4.69, 9.17) is 4.98 Å². The zero-order valence-corrected chi connectivity index (χ0v) is 14.9. The van der Waals surface area contributed by atoms with Crippen molar-refractivity contribution in [2.24, 2.45) is 5.92 Å². The molecule has 1 aliphatic rings. The molecule has 1 atom stereocenters. The van der Waals surface area contributed by atoms with Crippen LogP contribution in [0.1, 0.15) is 69.9 Å². The van der Waals surface area contributed by atoms with Gasteiger partial charge in [0.25, 0.3) is 0 Å². The molecule has 3 nitrogen and oxygen atoms in total.